The summed E-state index contributed by atoms with van der Waals surface area (Å²) in [4.78, 5) is 0. The van der Waals surface area contributed by atoms with E-state index < -0.39 is 0 Å². The first-order valence-corrected chi connectivity index (χ1v) is 4.16. The maximum absolute atomic E-state index is 5.36. The van der Waals surface area contributed by atoms with Gasteiger partial charge in [-0.2, -0.15) is 0 Å². The zero-order chi connectivity index (χ0) is 7.90. The Bertz CT molecular complexity index is 217. The smallest absolute Gasteiger partial charge is 0.0794 e. The van der Waals surface area contributed by atoms with Crippen molar-refractivity contribution in [3.05, 3.63) is 24.3 Å². The van der Waals surface area contributed by atoms with Gasteiger partial charge in [0.25, 0.3) is 0 Å². The van der Waals surface area contributed by atoms with Crippen LogP contribution in [0, 0.1) is 11.3 Å². The van der Waals surface area contributed by atoms with E-state index in [4.69, 9.17) is 4.74 Å². The van der Waals surface area contributed by atoms with E-state index in [1.165, 1.54) is 6.42 Å². The summed E-state index contributed by atoms with van der Waals surface area (Å²) in [7, 11) is 1.79. The molecule has 0 N–H and O–H groups in total. The number of ether oxygens (including phenoxy) is 1. The van der Waals surface area contributed by atoms with Crippen molar-refractivity contribution in [2.45, 2.75) is 19.4 Å². The zero-order valence-electron chi connectivity index (χ0n) is 7.08. The van der Waals surface area contributed by atoms with Crippen LogP contribution in [0.3, 0.4) is 0 Å². The molecular weight excluding hydrogens is 136 g/mol. The normalized spacial score (nSPS) is 46.7. The van der Waals surface area contributed by atoms with Gasteiger partial charge in [0.05, 0.1) is 6.10 Å². The summed E-state index contributed by atoms with van der Waals surface area (Å²) >= 11 is 0. The lowest BCUT2D eigenvalue weighted by molar-refractivity contribution is 0.0774. The third-order valence-corrected chi connectivity index (χ3v) is 2.98. The summed E-state index contributed by atoms with van der Waals surface area (Å²) in [5.41, 5.74) is 0.292. The van der Waals surface area contributed by atoms with Gasteiger partial charge in [-0.15, -0.1) is 0 Å². The Morgan fingerprint density at radius 2 is 2.27 bits per heavy atom. The fraction of sp³-hybridized carbons (Fsp3) is 0.600. The number of rotatable bonds is 1. The third kappa shape index (κ3) is 0.875. The SMILES string of the molecule is CO[C@H]1C=C[C@]2(C)C=CC[C@H]12. The van der Waals surface area contributed by atoms with E-state index in [1.54, 1.807) is 7.11 Å². The predicted octanol–water partition coefficient (Wildman–Crippen LogP) is 2.15. The second kappa shape index (κ2) is 2.21. The van der Waals surface area contributed by atoms with Gasteiger partial charge in [0.1, 0.15) is 0 Å². The van der Waals surface area contributed by atoms with E-state index in [9.17, 15) is 0 Å². The molecule has 2 rings (SSSR count). The first-order chi connectivity index (χ1) is 5.26. The van der Waals surface area contributed by atoms with E-state index in [0.29, 0.717) is 17.4 Å². The molecule has 2 aliphatic rings. The lowest BCUT2D eigenvalue weighted by Gasteiger charge is -2.25. The largest absolute Gasteiger partial charge is 0.377 e. The van der Waals surface area contributed by atoms with Crippen molar-refractivity contribution in [1.29, 1.82) is 0 Å². The van der Waals surface area contributed by atoms with Crippen LogP contribution in [0.1, 0.15) is 13.3 Å². The Morgan fingerprint density at radius 3 is 3.00 bits per heavy atom. The molecule has 0 radical (unpaired) electrons. The quantitative estimate of drug-likeness (QED) is 0.520. The van der Waals surface area contributed by atoms with E-state index in [-0.39, 0.29) is 0 Å². The van der Waals surface area contributed by atoms with E-state index in [2.05, 4.69) is 31.2 Å². The van der Waals surface area contributed by atoms with Crippen LogP contribution >= 0.6 is 0 Å². The molecule has 0 bridgehead atoms. The van der Waals surface area contributed by atoms with Gasteiger partial charge in [-0.1, -0.05) is 31.2 Å². The lowest BCUT2D eigenvalue weighted by atomic mass is 9.82. The van der Waals surface area contributed by atoms with Gasteiger partial charge in [0.15, 0.2) is 0 Å². The van der Waals surface area contributed by atoms with Crippen LogP contribution in [0.15, 0.2) is 24.3 Å². The number of fused-ring (bicyclic) bond motifs is 1. The molecular formula is C10H14O. The van der Waals surface area contributed by atoms with Crippen LogP contribution in [0.2, 0.25) is 0 Å². The molecule has 60 valence electrons. The first kappa shape index (κ1) is 7.11. The van der Waals surface area contributed by atoms with Gasteiger partial charge in [-0.25, -0.2) is 0 Å². The molecule has 0 fully saturated rings. The highest BCUT2D eigenvalue weighted by atomic mass is 16.5. The summed E-state index contributed by atoms with van der Waals surface area (Å²) in [6.45, 7) is 2.27. The first-order valence-electron chi connectivity index (χ1n) is 4.16. The summed E-state index contributed by atoms with van der Waals surface area (Å²) in [6.07, 6.45) is 10.5. The van der Waals surface area contributed by atoms with Crippen molar-refractivity contribution in [1.82, 2.24) is 0 Å². The molecule has 1 heteroatoms. The Kier molecular flexibility index (Phi) is 1.43. The second-order valence-corrected chi connectivity index (χ2v) is 3.67. The van der Waals surface area contributed by atoms with Crippen LogP contribution in [0.5, 0.6) is 0 Å². The van der Waals surface area contributed by atoms with Gasteiger partial charge in [0.2, 0.25) is 0 Å². The third-order valence-electron chi connectivity index (χ3n) is 2.98. The number of hydrogen-bond acceptors (Lipinski definition) is 1. The van der Waals surface area contributed by atoms with Gasteiger partial charge < -0.3 is 4.74 Å². The van der Waals surface area contributed by atoms with Crippen LogP contribution in [0.25, 0.3) is 0 Å². The predicted molar refractivity (Wildman–Crippen MR) is 45.3 cm³/mol. The van der Waals surface area contributed by atoms with E-state index in [0.717, 1.165) is 0 Å². The number of allylic oxidation sites excluding steroid dienone is 3. The highest BCUT2D eigenvalue weighted by molar-refractivity contribution is 5.26. The molecule has 0 saturated heterocycles. The summed E-state index contributed by atoms with van der Waals surface area (Å²) in [6, 6.07) is 0. The minimum absolute atomic E-state index is 0.292. The Morgan fingerprint density at radius 1 is 1.45 bits per heavy atom. The van der Waals surface area contributed by atoms with Crippen LogP contribution in [-0.4, -0.2) is 13.2 Å². The second-order valence-electron chi connectivity index (χ2n) is 3.67. The van der Waals surface area contributed by atoms with Gasteiger partial charge in [0, 0.05) is 18.4 Å². The molecule has 0 amide bonds. The van der Waals surface area contributed by atoms with Crippen LogP contribution in [-0.2, 0) is 4.74 Å². The summed E-state index contributed by atoms with van der Waals surface area (Å²) in [5, 5.41) is 0. The Hall–Kier alpha value is -0.560. The molecule has 3 atom stereocenters. The topological polar surface area (TPSA) is 9.23 Å². The minimum Gasteiger partial charge on any atom is -0.377 e. The van der Waals surface area contributed by atoms with Gasteiger partial charge >= 0.3 is 0 Å². The van der Waals surface area contributed by atoms with Crippen LogP contribution in [0.4, 0.5) is 0 Å². The zero-order valence-corrected chi connectivity index (χ0v) is 7.08. The maximum atomic E-state index is 5.36. The highest BCUT2D eigenvalue weighted by Crippen LogP contribution is 2.46. The lowest BCUT2D eigenvalue weighted by Crippen LogP contribution is -2.24. The van der Waals surface area contributed by atoms with Crippen LogP contribution < -0.4 is 0 Å². The Labute approximate surface area is 67.7 Å². The molecule has 11 heavy (non-hydrogen) atoms. The fourth-order valence-electron chi connectivity index (χ4n) is 2.19. The van der Waals surface area contributed by atoms with Gasteiger partial charge in [-0.05, 0) is 6.42 Å². The molecule has 0 aromatic heterocycles. The molecule has 1 nitrogen and oxygen atoms in total. The molecule has 0 aromatic carbocycles. The summed E-state index contributed by atoms with van der Waals surface area (Å²) in [5.74, 6) is 0.660. The van der Waals surface area contributed by atoms with Crippen molar-refractivity contribution in [2.75, 3.05) is 7.11 Å². The van der Waals surface area contributed by atoms with Gasteiger partial charge in [-0.3, -0.25) is 0 Å². The maximum Gasteiger partial charge on any atom is 0.0794 e. The molecule has 0 heterocycles. The summed E-state index contributed by atoms with van der Waals surface area (Å²) < 4.78 is 5.36. The number of hydrogen-bond donors (Lipinski definition) is 0. The monoisotopic (exact) mass is 150 g/mol. The van der Waals surface area contributed by atoms with Crippen molar-refractivity contribution in [3.8, 4) is 0 Å². The fourth-order valence-corrected chi connectivity index (χ4v) is 2.19. The minimum atomic E-state index is 0.292. The van der Waals surface area contributed by atoms with Crippen molar-refractivity contribution < 1.29 is 4.74 Å². The van der Waals surface area contributed by atoms with E-state index in [1.807, 2.05) is 0 Å². The van der Waals surface area contributed by atoms with E-state index >= 15 is 0 Å². The molecule has 2 aliphatic carbocycles. The van der Waals surface area contributed by atoms with Crippen molar-refractivity contribution in [3.63, 3.8) is 0 Å². The van der Waals surface area contributed by atoms with Crippen molar-refractivity contribution >= 4 is 0 Å². The average Bonchev–Trinajstić information content (AvgIpc) is 2.45. The molecule has 0 saturated carbocycles. The molecule has 0 unspecified atom stereocenters. The molecule has 0 aliphatic heterocycles. The average molecular weight is 150 g/mol. The standard InChI is InChI=1S/C10H14O/c1-10-6-3-4-8(10)9(11-2)5-7-10/h3,5-9H,4H2,1-2H3/t8-,9+,10+/m1/s1. The van der Waals surface area contributed by atoms with Crippen molar-refractivity contribution in [2.24, 2.45) is 11.3 Å². The highest BCUT2D eigenvalue weighted by Gasteiger charge is 2.41. The molecule has 0 spiro atoms. The molecule has 0 aromatic rings. The Balaban J connectivity index is 2.24. The number of methoxy groups -OCH3 is 1.